The maximum Gasteiger partial charge on any atom is 0.328 e. The minimum absolute atomic E-state index is 0.0271. The van der Waals surface area contributed by atoms with Gasteiger partial charge in [0.25, 0.3) is 5.91 Å². The summed E-state index contributed by atoms with van der Waals surface area (Å²) in [5, 5.41) is 13.1. The maximum absolute atomic E-state index is 12.3. The van der Waals surface area contributed by atoms with Crippen molar-refractivity contribution in [1.82, 2.24) is 10.6 Å². The Morgan fingerprint density at radius 1 is 1.24 bits per heavy atom. The Balaban J connectivity index is 2.36. The lowest BCUT2D eigenvalue weighted by atomic mass is 10.2. The summed E-state index contributed by atoms with van der Waals surface area (Å²) in [5.41, 5.74) is 0.436. The number of carbonyl (C=O) groups excluding carboxylic acids is 2. The fourth-order valence-corrected chi connectivity index (χ4v) is 1.69. The molecule has 0 heterocycles. The van der Waals surface area contributed by atoms with Gasteiger partial charge >= 0.3 is 5.97 Å². The van der Waals surface area contributed by atoms with E-state index in [-0.39, 0.29) is 18.9 Å². The van der Waals surface area contributed by atoms with E-state index in [1.54, 1.807) is 24.3 Å². The average Bonchev–Trinajstić information content (AvgIpc) is 2.45. The zero-order chi connectivity index (χ0) is 15.8. The third-order valence-electron chi connectivity index (χ3n) is 2.53. The van der Waals surface area contributed by atoms with Gasteiger partial charge in [0.2, 0.25) is 5.91 Å². The number of amides is 2. The summed E-state index contributed by atoms with van der Waals surface area (Å²) in [7, 11) is 0. The molecule has 3 N–H and O–H groups in total. The van der Waals surface area contributed by atoms with E-state index in [1.165, 1.54) is 0 Å². The SMILES string of the molecule is O=C(CCNC(=O)c1ccc(Br)cc1)NC(CF)C(=O)O. The first-order valence-electron chi connectivity index (χ1n) is 6.06. The molecule has 1 atom stereocenters. The maximum atomic E-state index is 12.3. The van der Waals surface area contributed by atoms with Crippen LogP contribution in [0, 0.1) is 0 Å². The summed E-state index contributed by atoms with van der Waals surface area (Å²) < 4.78 is 13.1. The van der Waals surface area contributed by atoms with Crippen molar-refractivity contribution in [3.05, 3.63) is 34.3 Å². The number of aliphatic carboxylic acids is 1. The minimum Gasteiger partial charge on any atom is -0.480 e. The molecule has 114 valence electrons. The smallest absolute Gasteiger partial charge is 0.328 e. The summed E-state index contributed by atoms with van der Waals surface area (Å²) in [6.45, 7) is -1.16. The number of benzene rings is 1. The number of hydrogen-bond acceptors (Lipinski definition) is 3. The number of halogens is 2. The monoisotopic (exact) mass is 360 g/mol. The number of carboxylic acids is 1. The zero-order valence-electron chi connectivity index (χ0n) is 10.9. The number of rotatable bonds is 7. The molecule has 0 radical (unpaired) electrons. The highest BCUT2D eigenvalue weighted by molar-refractivity contribution is 9.10. The lowest BCUT2D eigenvalue weighted by Crippen LogP contribution is -2.43. The van der Waals surface area contributed by atoms with Crippen LogP contribution < -0.4 is 10.6 Å². The molecule has 2 amide bonds. The molecule has 0 fully saturated rings. The van der Waals surface area contributed by atoms with E-state index >= 15 is 0 Å². The van der Waals surface area contributed by atoms with Crippen LogP contribution >= 0.6 is 15.9 Å². The molecule has 1 rings (SSSR count). The van der Waals surface area contributed by atoms with Gasteiger partial charge in [-0.15, -0.1) is 0 Å². The lowest BCUT2D eigenvalue weighted by Gasteiger charge is -2.11. The number of nitrogens with one attached hydrogen (secondary N) is 2. The minimum atomic E-state index is -1.56. The van der Waals surface area contributed by atoms with E-state index in [0.717, 1.165) is 4.47 Å². The third kappa shape index (κ3) is 5.90. The van der Waals surface area contributed by atoms with E-state index in [9.17, 15) is 18.8 Å². The number of alkyl halides is 1. The second-order valence-electron chi connectivity index (χ2n) is 4.13. The molecule has 6 nitrogen and oxygen atoms in total. The summed E-state index contributed by atoms with van der Waals surface area (Å²) in [4.78, 5) is 33.6. The van der Waals surface area contributed by atoms with Gasteiger partial charge in [-0.2, -0.15) is 0 Å². The van der Waals surface area contributed by atoms with E-state index in [4.69, 9.17) is 5.11 Å². The Labute approximate surface area is 128 Å². The van der Waals surface area contributed by atoms with Gasteiger partial charge in [0.1, 0.15) is 6.67 Å². The first-order valence-corrected chi connectivity index (χ1v) is 6.85. The van der Waals surface area contributed by atoms with Gasteiger partial charge in [-0.25, -0.2) is 9.18 Å². The molecule has 8 heteroatoms. The molecule has 0 saturated heterocycles. The lowest BCUT2D eigenvalue weighted by molar-refractivity contribution is -0.142. The molecule has 1 aromatic carbocycles. The summed E-state index contributed by atoms with van der Waals surface area (Å²) >= 11 is 3.24. The van der Waals surface area contributed by atoms with Crippen LogP contribution in [0.3, 0.4) is 0 Å². The Morgan fingerprint density at radius 2 is 1.86 bits per heavy atom. The third-order valence-corrected chi connectivity index (χ3v) is 3.06. The molecule has 0 spiro atoms. The molecular formula is C13H14BrFN2O4. The second kappa shape index (κ2) is 8.35. The average molecular weight is 361 g/mol. The zero-order valence-corrected chi connectivity index (χ0v) is 12.5. The predicted octanol–water partition coefficient (Wildman–Crippen LogP) is 1.11. The number of carboxylic acid groups (broad SMARTS) is 1. The van der Waals surface area contributed by atoms with Gasteiger partial charge in [-0.05, 0) is 24.3 Å². The summed E-state index contributed by atoms with van der Waals surface area (Å²) in [6, 6.07) is 5.09. The van der Waals surface area contributed by atoms with Gasteiger partial charge in [-0.3, -0.25) is 9.59 Å². The first-order chi connectivity index (χ1) is 9.93. The molecule has 0 aliphatic rings. The van der Waals surface area contributed by atoms with Crippen molar-refractivity contribution in [3.8, 4) is 0 Å². The summed E-state index contributed by atoms with van der Waals surface area (Å²) in [5.74, 6) is -2.43. The van der Waals surface area contributed by atoms with E-state index in [1.807, 2.05) is 5.32 Å². The molecule has 0 saturated carbocycles. The molecule has 0 aromatic heterocycles. The van der Waals surface area contributed by atoms with Crippen molar-refractivity contribution in [3.63, 3.8) is 0 Å². The summed E-state index contributed by atoms with van der Waals surface area (Å²) in [6.07, 6.45) is -0.133. The number of carbonyl (C=O) groups is 3. The van der Waals surface area contributed by atoms with Crippen LogP contribution in [-0.2, 0) is 9.59 Å². The molecule has 21 heavy (non-hydrogen) atoms. The van der Waals surface area contributed by atoms with E-state index in [0.29, 0.717) is 5.56 Å². The van der Waals surface area contributed by atoms with Crippen LogP contribution in [0.5, 0.6) is 0 Å². The number of hydrogen-bond donors (Lipinski definition) is 3. The van der Waals surface area contributed by atoms with Gasteiger partial charge in [0.15, 0.2) is 6.04 Å². The van der Waals surface area contributed by atoms with Crippen LogP contribution in [0.1, 0.15) is 16.8 Å². The molecule has 0 bridgehead atoms. The quantitative estimate of drug-likeness (QED) is 0.678. The molecule has 0 aliphatic carbocycles. The van der Waals surface area contributed by atoms with Crippen molar-refractivity contribution in [2.75, 3.05) is 13.2 Å². The van der Waals surface area contributed by atoms with Crippen molar-refractivity contribution in [2.24, 2.45) is 0 Å². The van der Waals surface area contributed by atoms with Gasteiger partial charge < -0.3 is 15.7 Å². The molecule has 0 aliphatic heterocycles. The topological polar surface area (TPSA) is 95.5 Å². The molecular weight excluding hydrogens is 347 g/mol. The second-order valence-corrected chi connectivity index (χ2v) is 5.04. The highest BCUT2D eigenvalue weighted by atomic mass is 79.9. The highest BCUT2D eigenvalue weighted by Crippen LogP contribution is 2.10. The van der Waals surface area contributed by atoms with Gasteiger partial charge in [0, 0.05) is 23.0 Å². The highest BCUT2D eigenvalue weighted by Gasteiger charge is 2.19. The van der Waals surface area contributed by atoms with Gasteiger partial charge in [0.05, 0.1) is 0 Å². The van der Waals surface area contributed by atoms with Crippen molar-refractivity contribution in [2.45, 2.75) is 12.5 Å². The predicted molar refractivity (Wildman–Crippen MR) is 76.6 cm³/mol. The van der Waals surface area contributed by atoms with Crippen molar-refractivity contribution >= 4 is 33.7 Å². The van der Waals surface area contributed by atoms with Crippen LogP contribution in [0.15, 0.2) is 28.7 Å². The Bertz CT molecular complexity index is 521. The van der Waals surface area contributed by atoms with Crippen molar-refractivity contribution in [1.29, 1.82) is 0 Å². The fraction of sp³-hybridized carbons (Fsp3) is 0.308. The van der Waals surface area contributed by atoms with Crippen LogP contribution in [0.25, 0.3) is 0 Å². The van der Waals surface area contributed by atoms with Gasteiger partial charge in [-0.1, -0.05) is 15.9 Å². The van der Waals surface area contributed by atoms with E-state index in [2.05, 4.69) is 21.2 Å². The molecule has 1 aromatic rings. The van der Waals surface area contributed by atoms with E-state index < -0.39 is 24.6 Å². The Morgan fingerprint density at radius 3 is 2.38 bits per heavy atom. The normalized spacial score (nSPS) is 11.5. The van der Waals surface area contributed by atoms with Crippen LogP contribution in [0.4, 0.5) is 4.39 Å². The first kappa shape index (κ1) is 17.1. The Kier molecular flexibility index (Phi) is 6.80. The van der Waals surface area contributed by atoms with Crippen LogP contribution in [0.2, 0.25) is 0 Å². The van der Waals surface area contributed by atoms with Crippen LogP contribution in [-0.4, -0.2) is 42.2 Å². The fourth-order valence-electron chi connectivity index (χ4n) is 1.43. The Hall–Kier alpha value is -1.96. The largest absolute Gasteiger partial charge is 0.480 e. The van der Waals surface area contributed by atoms with Crippen molar-refractivity contribution < 1.29 is 23.9 Å². The molecule has 1 unspecified atom stereocenters. The standard InChI is InChI=1S/C13H14BrFN2O4/c14-9-3-1-8(2-4-9)12(19)16-6-5-11(18)17-10(7-15)13(20)21/h1-4,10H,5-7H2,(H,16,19)(H,17,18)(H,20,21).